The number of nitrogens with one attached hydrogen (secondary N) is 1. The number of hydrogen-bond acceptors (Lipinski definition) is 2. The van der Waals surface area contributed by atoms with E-state index in [1.54, 1.807) is 6.07 Å². The summed E-state index contributed by atoms with van der Waals surface area (Å²) in [6.45, 7) is 0.909. The standard InChI is InChI=1S/C25H21Cl2N3/c26-19-11-12-24(22(27)15-19)30-25-20(13-14-28-25)23(29-30)16-21(17-7-3-1-4-8-17)18-9-5-2-6-10-18/h1-12,15,21,28H,13-14,16H2. The van der Waals surface area contributed by atoms with Crippen LogP contribution in [0.25, 0.3) is 5.69 Å². The van der Waals surface area contributed by atoms with Gasteiger partial charge in [0.2, 0.25) is 0 Å². The Hall–Kier alpha value is -2.75. The lowest BCUT2D eigenvalue weighted by Crippen LogP contribution is -2.09. The van der Waals surface area contributed by atoms with Crippen molar-refractivity contribution in [2.45, 2.75) is 18.8 Å². The molecule has 1 N–H and O–H groups in total. The van der Waals surface area contributed by atoms with Gasteiger partial charge in [-0.05, 0) is 35.7 Å². The van der Waals surface area contributed by atoms with Gasteiger partial charge in [0, 0.05) is 29.5 Å². The largest absolute Gasteiger partial charge is 0.369 e. The van der Waals surface area contributed by atoms with Crippen LogP contribution in [0.1, 0.15) is 28.3 Å². The quantitative estimate of drug-likeness (QED) is 0.388. The molecule has 1 aliphatic heterocycles. The Morgan fingerprint density at radius 1 is 0.900 bits per heavy atom. The van der Waals surface area contributed by atoms with E-state index in [1.807, 2.05) is 16.8 Å². The van der Waals surface area contributed by atoms with Crippen molar-refractivity contribution in [2.24, 2.45) is 0 Å². The van der Waals surface area contributed by atoms with Crippen LogP contribution in [0.5, 0.6) is 0 Å². The Labute approximate surface area is 186 Å². The molecule has 3 nitrogen and oxygen atoms in total. The van der Waals surface area contributed by atoms with Gasteiger partial charge in [-0.15, -0.1) is 0 Å². The van der Waals surface area contributed by atoms with Crippen molar-refractivity contribution in [3.8, 4) is 5.69 Å². The molecular formula is C25H21Cl2N3. The van der Waals surface area contributed by atoms with Gasteiger partial charge in [-0.2, -0.15) is 5.10 Å². The number of fused-ring (bicyclic) bond motifs is 1. The van der Waals surface area contributed by atoms with Crippen LogP contribution < -0.4 is 5.32 Å². The molecule has 0 aliphatic carbocycles. The van der Waals surface area contributed by atoms with Gasteiger partial charge in [0.05, 0.1) is 16.4 Å². The third-order valence-electron chi connectivity index (χ3n) is 5.67. The summed E-state index contributed by atoms with van der Waals surface area (Å²) in [7, 11) is 0. The van der Waals surface area contributed by atoms with Crippen molar-refractivity contribution in [1.82, 2.24) is 9.78 Å². The molecule has 1 aliphatic rings. The number of benzene rings is 3. The highest BCUT2D eigenvalue weighted by Gasteiger charge is 2.26. The monoisotopic (exact) mass is 433 g/mol. The third-order valence-corrected chi connectivity index (χ3v) is 6.21. The van der Waals surface area contributed by atoms with Gasteiger partial charge >= 0.3 is 0 Å². The highest BCUT2D eigenvalue weighted by molar-refractivity contribution is 6.35. The van der Waals surface area contributed by atoms with Crippen LogP contribution in [0.3, 0.4) is 0 Å². The average Bonchev–Trinajstić information content (AvgIpc) is 3.37. The summed E-state index contributed by atoms with van der Waals surface area (Å²) in [5, 5.41) is 9.71. The minimum atomic E-state index is 0.237. The molecule has 150 valence electrons. The van der Waals surface area contributed by atoms with E-state index in [1.165, 1.54) is 16.7 Å². The lowest BCUT2D eigenvalue weighted by Gasteiger charge is -2.17. The molecule has 3 aromatic carbocycles. The van der Waals surface area contributed by atoms with Gasteiger partial charge in [-0.1, -0.05) is 83.9 Å². The molecule has 0 saturated carbocycles. The van der Waals surface area contributed by atoms with Crippen LogP contribution in [0, 0.1) is 0 Å². The third kappa shape index (κ3) is 3.60. The van der Waals surface area contributed by atoms with Gasteiger partial charge in [0.25, 0.3) is 0 Å². The second-order valence-corrected chi connectivity index (χ2v) is 8.38. The van der Waals surface area contributed by atoms with Gasteiger partial charge in [-0.25, -0.2) is 4.68 Å². The van der Waals surface area contributed by atoms with E-state index in [9.17, 15) is 0 Å². The second-order valence-electron chi connectivity index (χ2n) is 7.54. The predicted octanol–water partition coefficient (Wildman–Crippen LogP) is 6.52. The molecule has 0 bridgehead atoms. The molecule has 0 unspecified atom stereocenters. The SMILES string of the molecule is Clc1ccc(-n2nc(CC(c3ccccc3)c3ccccc3)c3c2NCC3)c(Cl)c1. The van der Waals surface area contributed by atoms with E-state index in [0.29, 0.717) is 10.0 Å². The first-order chi connectivity index (χ1) is 14.7. The Morgan fingerprint density at radius 3 is 2.20 bits per heavy atom. The molecule has 1 aromatic heterocycles. The fourth-order valence-electron chi connectivity index (χ4n) is 4.23. The maximum absolute atomic E-state index is 6.50. The fraction of sp³-hybridized carbons (Fsp3) is 0.160. The van der Waals surface area contributed by atoms with Crippen LogP contribution in [-0.2, 0) is 12.8 Å². The van der Waals surface area contributed by atoms with E-state index >= 15 is 0 Å². The zero-order valence-electron chi connectivity index (χ0n) is 16.4. The molecule has 0 amide bonds. The molecular weight excluding hydrogens is 413 g/mol. The average molecular weight is 434 g/mol. The number of nitrogens with zero attached hydrogens (tertiary/aromatic N) is 2. The lowest BCUT2D eigenvalue weighted by atomic mass is 9.86. The molecule has 4 aromatic rings. The Kier molecular flexibility index (Phi) is 5.24. The number of halogens is 2. The minimum Gasteiger partial charge on any atom is -0.369 e. The van der Waals surface area contributed by atoms with E-state index < -0.39 is 0 Å². The molecule has 0 atom stereocenters. The highest BCUT2D eigenvalue weighted by atomic mass is 35.5. The normalized spacial score (nSPS) is 12.8. The van der Waals surface area contributed by atoms with Crippen LogP contribution in [0.15, 0.2) is 78.9 Å². The van der Waals surface area contributed by atoms with E-state index in [4.69, 9.17) is 28.3 Å². The Bertz CT molecular complexity index is 1130. The predicted molar refractivity (Wildman–Crippen MR) is 124 cm³/mol. The number of aromatic nitrogens is 2. The second kappa shape index (κ2) is 8.17. The first kappa shape index (κ1) is 19.2. The van der Waals surface area contributed by atoms with Gasteiger partial charge in [-0.3, -0.25) is 0 Å². The zero-order chi connectivity index (χ0) is 20.5. The van der Waals surface area contributed by atoms with Crippen LogP contribution in [0.2, 0.25) is 10.0 Å². The van der Waals surface area contributed by atoms with Crippen molar-refractivity contribution in [1.29, 1.82) is 0 Å². The molecule has 5 heteroatoms. The molecule has 5 rings (SSSR count). The van der Waals surface area contributed by atoms with Crippen molar-refractivity contribution < 1.29 is 0 Å². The maximum Gasteiger partial charge on any atom is 0.133 e. The molecule has 0 radical (unpaired) electrons. The van der Waals surface area contributed by atoms with E-state index in [0.717, 1.165) is 36.6 Å². The molecule has 0 spiro atoms. The van der Waals surface area contributed by atoms with Gasteiger partial charge < -0.3 is 5.32 Å². The summed E-state index contributed by atoms with van der Waals surface area (Å²) in [5.41, 5.74) is 5.82. The van der Waals surface area contributed by atoms with Crippen LogP contribution in [0.4, 0.5) is 5.82 Å². The van der Waals surface area contributed by atoms with Crippen molar-refractivity contribution in [3.63, 3.8) is 0 Å². The molecule has 2 heterocycles. The van der Waals surface area contributed by atoms with Crippen molar-refractivity contribution >= 4 is 29.0 Å². The number of anilines is 1. The van der Waals surface area contributed by atoms with Crippen LogP contribution in [-0.4, -0.2) is 16.3 Å². The van der Waals surface area contributed by atoms with Gasteiger partial charge in [0.1, 0.15) is 5.82 Å². The topological polar surface area (TPSA) is 29.9 Å². The first-order valence-electron chi connectivity index (χ1n) is 10.1. The summed E-state index contributed by atoms with van der Waals surface area (Å²) >= 11 is 12.6. The Morgan fingerprint density at radius 2 is 1.57 bits per heavy atom. The summed E-state index contributed by atoms with van der Waals surface area (Å²) in [6, 6.07) is 26.8. The zero-order valence-corrected chi connectivity index (χ0v) is 17.9. The van der Waals surface area contributed by atoms with Crippen molar-refractivity contribution in [3.05, 3.63) is 111 Å². The molecule has 0 fully saturated rings. The van der Waals surface area contributed by atoms with E-state index in [2.05, 4.69) is 66.0 Å². The van der Waals surface area contributed by atoms with Crippen LogP contribution >= 0.6 is 23.2 Å². The summed E-state index contributed by atoms with van der Waals surface area (Å²) < 4.78 is 1.93. The summed E-state index contributed by atoms with van der Waals surface area (Å²) in [4.78, 5) is 0. The fourth-order valence-corrected chi connectivity index (χ4v) is 4.72. The molecule has 30 heavy (non-hydrogen) atoms. The molecule has 0 saturated heterocycles. The maximum atomic E-state index is 6.50. The van der Waals surface area contributed by atoms with E-state index in [-0.39, 0.29) is 5.92 Å². The number of rotatable bonds is 5. The highest BCUT2D eigenvalue weighted by Crippen LogP contribution is 2.36. The number of hydrogen-bond donors (Lipinski definition) is 1. The smallest absolute Gasteiger partial charge is 0.133 e. The Balaban J connectivity index is 1.58. The van der Waals surface area contributed by atoms with Crippen molar-refractivity contribution in [2.75, 3.05) is 11.9 Å². The summed E-state index contributed by atoms with van der Waals surface area (Å²) in [6.07, 6.45) is 1.79. The van der Waals surface area contributed by atoms with Gasteiger partial charge in [0.15, 0.2) is 0 Å². The minimum absolute atomic E-state index is 0.237. The summed E-state index contributed by atoms with van der Waals surface area (Å²) in [5.74, 6) is 1.27. The first-order valence-corrected chi connectivity index (χ1v) is 10.9. The lowest BCUT2D eigenvalue weighted by molar-refractivity contribution is 0.745.